The van der Waals surface area contributed by atoms with Crippen molar-refractivity contribution in [2.45, 2.75) is 31.5 Å². The number of para-hydroxylation sites is 2. The van der Waals surface area contributed by atoms with Gasteiger partial charge < -0.3 is 20.5 Å². The molecule has 2 aromatic carbocycles. The second-order valence-electron chi connectivity index (χ2n) is 7.87. The number of hydrogen-bond donors (Lipinski definition) is 3. The molecule has 0 aliphatic carbocycles. The van der Waals surface area contributed by atoms with Crippen molar-refractivity contribution in [2.75, 3.05) is 25.0 Å². The molecule has 164 valence electrons. The van der Waals surface area contributed by atoms with Gasteiger partial charge in [0.05, 0.1) is 11.3 Å². The van der Waals surface area contributed by atoms with Gasteiger partial charge >= 0.3 is 12.2 Å². The van der Waals surface area contributed by atoms with E-state index in [-0.39, 0.29) is 11.7 Å². The van der Waals surface area contributed by atoms with E-state index in [1.54, 1.807) is 0 Å². The molecule has 1 fully saturated rings. The van der Waals surface area contributed by atoms with E-state index in [1.807, 2.05) is 12.1 Å². The predicted molar refractivity (Wildman–Crippen MR) is 115 cm³/mol. The average Bonchev–Trinajstić information content (AvgIpc) is 3.16. The normalized spacial score (nSPS) is 15.8. The van der Waals surface area contributed by atoms with Gasteiger partial charge in [-0.05, 0) is 43.0 Å². The SMILES string of the molecule is O=C(Nc1ccccc1C(F)(F)F)NC1CCN(CCc2c[nH]c3ccccc23)CC1. The number of alkyl halides is 3. The molecule has 1 aliphatic rings. The number of fused-ring (bicyclic) bond motifs is 1. The molecule has 0 bridgehead atoms. The number of nitrogens with one attached hydrogen (secondary N) is 3. The Morgan fingerprint density at radius 2 is 1.77 bits per heavy atom. The van der Waals surface area contributed by atoms with Gasteiger partial charge in [-0.2, -0.15) is 13.2 Å². The zero-order chi connectivity index (χ0) is 21.8. The summed E-state index contributed by atoms with van der Waals surface area (Å²) in [5.74, 6) is 0. The summed E-state index contributed by atoms with van der Waals surface area (Å²) in [6.07, 6.45) is 0.0172. The van der Waals surface area contributed by atoms with Crippen LogP contribution in [0.2, 0.25) is 0 Å². The van der Waals surface area contributed by atoms with Crippen molar-refractivity contribution in [3.05, 3.63) is 65.9 Å². The molecule has 3 aromatic rings. The highest BCUT2D eigenvalue weighted by atomic mass is 19.4. The van der Waals surface area contributed by atoms with Gasteiger partial charge in [0.25, 0.3) is 0 Å². The van der Waals surface area contributed by atoms with Crippen molar-refractivity contribution in [3.8, 4) is 0 Å². The standard InChI is InChI=1S/C23H25F3N4O/c24-23(25,26)19-6-2-4-8-21(19)29-22(31)28-17-10-13-30(14-11-17)12-9-16-15-27-20-7-3-1-5-18(16)20/h1-8,15,17,27H,9-14H2,(H2,28,29,31). The van der Waals surface area contributed by atoms with Crippen LogP contribution in [-0.4, -0.2) is 41.6 Å². The zero-order valence-electron chi connectivity index (χ0n) is 17.0. The lowest BCUT2D eigenvalue weighted by Gasteiger charge is -2.32. The minimum absolute atomic E-state index is 0.0533. The Hall–Kier alpha value is -3.00. The fraction of sp³-hybridized carbons (Fsp3) is 0.348. The maximum Gasteiger partial charge on any atom is 0.418 e. The molecule has 0 spiro atoms. The molecule has 8 heteroatoms. The Morgan fingerprint density at radius 1 is 1.06 bits per heavy atom. The van der Waals surface area contributed by atoms with Gasteiger partial charge in [0.2, 0.25) is 0 Å². The fourth-order valence-corrected chi connectivity index (χ4v) is 4.10. The Morgan fingerprint density at radius 3 is 2.55 bits per heavy atom. The highest BCUT2D eigenvalue weighted by Crippen LogP contribution is 2.34. The number of rotatable bonds is 5. The van der Waals surface area contributed by atoms with E-state index in [1.165, 1.54) is 29.1 Å². The third kappa shape index (κ3) is 5.19. The van der Waals surface area contributed by atoms with Crippen LogP contribution >= 0.6 is 0 Å². The zero-order valence-corrected chi connectivity index (χ0v) is 17.0. The van der Waals surface area contributed by atoms with Crippen LogP contribution in [-0.2, 0) is 12.6 Å². The van der Waals surface area contributed by atoms with Crippen LogP contribution < -0.4 is 10.6 Å². The Kier molecular flexibility index (Phi) is 6.18. The predicted octanol–water partition coefficient (Wildman–Crippen LogP) is 5.02. The number of aromatic amines is 1. The molecule has 1 aromatic heterocycles. The summed E-state index contributed by atoms with van der Waals surface area (Å²) in [7, 11) is 0. The molecule has 1 aliphatic heterocycles. The van der Waals surface area contributed by atoms with Crippen LogP contribution in [0.15, 0.2) is 54.7 Å². The lowest BCUT2D eigenvalue weighted by Crippen LogP contribution is -2.46. The van der Waals surface area contributed by atoms with Crippen LogP contribution in [0.1, 0.15) is 24.0 Å². The molecule has 31 heavy (non-hydrogen) atoms. The van der Waals surface area contributed by atoms with Crippen LogP contribution in [0, 0.1) is 0 Å². The molecular formula is C23H25F3N4O. The van der Waals surface area contributed by atoms with E-state index in [2.05, 4.69) is 38.8 Å². The number of carbonyl (C=O) groups excluding carboxylic acids is 1. The number of H-pyrrole nitrogens is 1. The number of anilines is 1. The third-order valence-corrected chi connectivity index (χ3v) is 5.78. The second-order valence-corrected chi connectivity index (χ2v) is 7.87. The van der Waals surface area contributed by atoms with E-state index in [4.69, 9.17) is 0 Å². The first-order valence-corrected chi connectivity index (χ1v) is 10.4. The van der Waals surface area contributed by atoms with Crippen molar-refractivity contribution in [1.29, 1.82) is 0 Å². The van der Waals surface area contributed by atoms with Gasteiger partial charge in [0.15, 0.2) is 0 Å². The van der Waals surface area contributed by atoms with Crippen LogP contribution in [0.25, 0.3) is 10.9 Å². The Balaban J connectivity index is 1.24. The summed E-state index contributed by atoms with van der Waals surface area (Å²) >= 11 is 0. The van der Waals surface area contributed by atoms with Gasteiger partial charge in [-0.25, -0.2) is 4.79 Å². The van der Waals surface area contributed by atoms with Crippen LogP contribution in [0.4, 0.5) is 23.7 Å². The van der Waals surface area contributed by atoms with E-state index in [0.717, 1.165) is 50.5 Å². The highest BCUT2D eigenvalue weighted by molar-refractivity contribution is 5.90. The van der Waals surface area contributed by atoms with Gasteiger partial charge in [-0.15, -0.1) is 0 Å². The molecule has 4 rings (SSSR count). The van der Waals surface area contributed by atoms with Crippen molar-refractivity contribution in [3.63, 3.8) is 0 Å². The number of amides is 2. The van der Waals surface area contributed by atoms with Crippen molar-refractivity contribution >= 4 is 22.6 Å². The number of carbonyl (C=O) groups is 1. The van der Waals surface area contributed by atoms with E-state index in [9.17, 15) is 18.0 Å². The first-order valence-electron chi connectivity index (χ1n) is 10.4. The minimum atomic E-state index is -4.51. The number of halogens is 3. The summed E-state index contributed by atoms with van der Waals surface area (Å²) in [6, 6.07) is 12.6. The second kappa shape index (κ2) is 9.01. The molecular weight excluding hydrogens is 405 g/mol. The largest absolute Gasteiger partial charge is 0.418 e. The molecule has 0 radical (unpaired) electrons. The minimum Gasteiger partial charge on any atom is -0.361 e. The first kappa shape index (κ1) is 21.2. The molecule has 3 N–H and O–H groups in total. The Labute approximate surface area is 178 Å². The fourth-order valence-electron chi connectivity index (χ4n) is 4.10. The van der Waals surface area contributed by atoms with Gasteiger partial charge in [0.1, 0.15) is 0 Å². The first-order chi connectivity index (χ1) is 14.9. The number of piperidine rings is 1. The summed E-state index contributed by atoms with van der Waals surface area (Å²) in [6.45, 7) is 2.61. The third-order valence-electron chi connectivity index (χ3n) is 5.78. The maximum atomic E-state index is 13.1. The van der Waals surface area contributed by atoms with Crippen molar-refractivity contribution in [2.24, 2.45) is 0 Å². The number of aromatic nitrogens is 1. The lowest BCUT2D eigenvalue weighted by molar-refractivity contribution is -0.136. The van der Waals surface area contributed by atoms with Crippen LogP contribution in [0.5, 0.6) is 0 Å². The number of likely N-dealkylation sites (tertiary alicyclic amines) is 1. The van der Waals surface area contributed by atoms with Gasteiger partial charge in [-0.3, -0.25) is 0 Å². The van der Waals surface area contributed by atoms with Crippen LogP contribution in [0.3, 0.4) is 0 Å². The van der Waals surface area contributed by atoms with Gasteiger partial charge in [0, 0.05) is 42.8 Å². The van der Waals surface area contributed by atoms with Gasteiger partial charge in [-0.1, -0.05) is 30.3 Å². The summed E-state index contributed by atoms with van der Waals surface area (Å²) in [4.78, 5) is 17.9. The van der Waals surface area contributed by atoms with Crippen molar-refractivity contribution in [1.82, 2.24) is 15.2 Å². The number of nitrogens with zero attached hydrogens (tertiary/aromatic N) is 1. The smallest absolute Gasteiger partial charge is 0.361 e. The summed E-state index contributed by atoms with van der Waals surface area (Å²) < 4.78 is 39.2. The van der Waals surface area contributed by atoms with E-state index < -0.39 is 17.8 Å². The number of hydrogen-bond acceptors (Lipinski definition) is 2. The lowest BCUT2D eigenvalue weighted by atomic mass is 10.0. The Bertz CT molecular complexity index is 1040. The average molecular weight is 430 g/mol. The number of urea groups is 1. The quantitative estimate of drug-likeness (QED) is 0.533. The molecule has 0 saturated carbocycles. The molecule has 1 saturated heterocycles. The topological polar surface area (TPSA) is 60.2 Å². The summed E-state index contributed by atoms with van der Waals surface area (Å²) in [5, 5.41) is 6.41. The van der Waals surface area contributed by atoms with Crippen molar-refractivity contribution < 1.29 is 18.0 Å². The summed E-state index contributed by atoms with van der Waals surface area (Å²) in [5.41, 5.74) is 1.35. The molecule has 2 heterocycles. The molecule has 5 nitrogen and oxygen atoms in total. The molecule has 2 amide bonds. The number of benzene rings is 2. The molecule has 0 unspecified atom stereocenters. The maximum absolute atomic E-state index is 13.1. The monoisotopic (exact) mass is 430 g/mol. The van der Waals surface area contributed by atoms with E-state index >= 15 is 0 Å². The molecule has 0 atom stereocenters. The highest BCUT2D eigenvalue weighted by Gasteiger charge is 2.33. The van der Waals surface area contributed by atoms with E-state index in [0.29, 0.717) is 0 Å².